The molecule has 4 atom stereocenters. The van der Waals surface area contributed by atoms with Crippen LogP contribution in [0.5, 0.6) is 0 Å². The molecular formula is C31H26N2O8S. The fourth-order valence-corrected chi connectivity index (χ4v) is 4.93. The van der Waals surface area contributed by atoms with Gasteiger partial charge in [0.05, 0.1) is 16.7 Å². The zero-order valence-corrected chi connectivity index (χ0v) is 23.2. The van der Waals surface area contributed by atoms with E-state index in [1.165, 1.54) is 23.8 Å². The highest BCUT2D eigenvalue weighted by atomic mass is 32.1. The number of hydrogen-bond donors (Lipinski definition) is 1. The molecule has 214 valence electrons. The summed E-state index contributed by atoms with van der Waals surface area (Å²) < 4.78 is 25.3. The summed E-state index contributed by atoms with van der Waals surface area (Å²) in [6.45, 7) is 1.18. The van der Waals surface area contributed by atoms with Crippen molar-refractivity contribution in [3.63, 3.8) is 0 Å². The molecule has 1 saturated heterocycles. The number of carbonyl (C=O) groups is 3. The Bertz CT molecular complexity index is 1690. The summed E-state index contributed by atoms with van der Waals surface area (Å²) in [6.07, 6.45) is -2.18. The Hall–Kier alpha value is -4.87. The Morgan fingerprint density at radius 2 is 1.36 bits per heavy atom. The van der Waals surface area contributed by atoms with Gasteiger partial charge in [0, 0.05) is 12.3 Å². The molecular weight excluding hydrogens is 560 g/mol. The van der Waals surface area contributed by atoms with Crippen molar-refractivity contribution in [3.05, 3.63) is 135 Å². The molecule has 1 aliphatic rings. The topological polar surface area (TPSA) is 126 Å². The van der Waals surface area contributed by atoms with Crippen LogP contribution in [-0.2, 0) is 18.9 Å². The second-order valence-electron chi connectivity index (χ2n) is 9.64. The van der Waals surface area contributed by atoms with Crippen LogP contribution in [0.2, 0.25) is 0 Å². The number of aromatic nitrogens is 2. The van der Waals surface area contributed by atoms with Gasteiger partial charge >= 0.3 is 17.9 Å². The van der Waals surface area contributed by atoms with Crippen LogP contribution >= 0.6 is 12.2 Å². The Morgan fingerprint density at radius 3 is 1.90 bits per heavy atom. The van der Waals surface area contributed by atoms with Crippen molar-refractivity contribution < 1.29 is 33.3 Å². The van der Waals surface area contributed by atoms with Crippen LogP contribution in [0.25, 0.3) is 0 Å². The molecule has 0 radical (unpaired) electrons. The van der Waals surface area contributed by atoms with Crippen molar-refractivity contribution in [1.29, 1.82) is 0 Å². The number of carbonyl (C=O) groups excluding carboxylic acids is 3. The molecule has 0 bridgehead atoms. The fraction of sp³-hybridized carbons (Fsp3) is 0.194. The van der Waals surface area contributed by atoms with E-state index in [4.69, 9.17) is 31.2 Å². The molecule has 2 heterocycles. The SMILES string of the molecule is C[C@@]1(OC(=O)c2ccccc2)C(OC(=O)c2ccccc2)[C@@H](COC(=O)c2ccccc2)O[C@H]1n1ccc(=O)[nH]c1=S. The van der Waals surface area contributed by atoms with E-state index >= 15 is 0 Å². The minimum Gasteiger partial charge on any atom is -0.459 e. The molecule has 0 saturated carbocycles. The molecule has 5 rings (SSSR count). The lowest BCUT2D eigenvalue weighted by Gasteiger charge is -2.35. The smallest absolute Gasteiger partial charge is 0.338 e. The summed E-state index contributed by atoms with van der Waals surface area (Å²) in [4.78, 5) is 53.9. The van der Waals surface area contributed by atoms with Crippen molar-refractivity contribution in [3.8, 4) is 0 Å². The lowest BCUT2D eigenvalue weighted by atomic mass is 9.95. The third kappa shape index (κ3) is 6.07. The van der Waals surface area contributed by atoms with Gasteiger partial charge in [-0.2, -0.15) is 0 Å². The van der Waals surface area contributed by atoms with Crippen LogP contribution in [0.1, 0.15) is 44.2 Å². The maximum Gasteiger partial charge on any atom is 0.338 e. The van der Waals surface area contributed by atoms with Gasteiger partial charge in [0.1, 0.15) is 12.7 Å². The molecule has 42 heavy (non-hydrogen) atoms. The first kappa shape index (κ1) is 28.7. The summed E-state index contributed by atoms with van der Waals surface area (Å²) in [7, 11) is 0. The van der Waals surface area contributed by atoms with E-state index in [2.05, 4.69) is 4.98 Å². The van der Waals surface area contributed by atoms with E-state index in [0.717, 1.165) is 0 Å². The molecule has 0 amide bonds. The second-order valence-corrected chi connectivity index (χ2v) is 10.0. The van der Waals surface area contributed by atoms with Crippen molar-refractivity contribution in [2.24, 2.45) is 0 Å². The molecule has 11 heteroatoms. The molecule has 1 fully saturated rings. The van der Waals surface area contributed by atoms with Gasteiger partial charge in [0.25, 0.3) is 5.56 Å². The summed E-state index contributed by atoms with van der Waals surface area (Å²) in [5.41, 5.74) is -1.35. The summed E-state index contributed by atoms with van der Waals surface area (Å²) in [5.74, 6) is -2.05. The molecule has 0 spiro atoms. The van der Waals surface area contributed by atoms with Gasteiger partial charge in [-0.3, -0.25) is 14.3 Å². The third-order valence-corrected chi connectivity index (χ3v) is 7.07. The number of nitrogens with one attached hydrogen (secondary N) is 1. The van der Waals surface area contributed by atoms with Crippen LogP contribution < -0.4 is 5.56 Å². The molecule has 3 aromatic carbocycles. The Labute approximate surface area is 245 Å². The van der Waals surface area contributed by atoms with E-state index in [9.17, 15) is 19.2 Å². The Morgan fingerprint density at radius 1 is 0.833 bits per heavy atom. The third-order valence-electron chi connectivity index (χ3n) is 6.75. The van der Waals surface area contributed by atoms with Crippen LogP contribution in [0.3, 0.4) is 0 Å². The highest BCUT2D eigenvalue weighted by Crippen LogP contribution is 2.44. The maximum atomic E-state index is 13.4. The molecule has 1 aliphatic heterocycles. The normalized spacial score (nSPS) is 21.3. The maximum absolute atomic E-state index is 13.4. The predicted octanol–water partition coefficient (Wildman–Crippen LogP) is 4.50. The number of hydrogen-bond acceptors (Lipinski definition) is 9. The highest BCUT2D eigenvalue weighted by molar-refractivity contribution is 7.71. The zero-order valence-electron chi connectivity index (χ0n) is 22.4. The number of rotatable bonds is 8. The minimum atomic E-state index is -1.71. The van der Waals surface area contributed by atoms with Crippen molar-refractivity contribution in [2.75, 3.05) is 6.61 Å². The average molecular weight is 587 g/mol. The van der Waals surface area contributed by atoms with Crippen molar-refractivity contribution in [2.45, 2.75) is 31.0 Å². The molecule has 4 aromatic rings. The first-order valence-corrected chi connectivity index (χ1v) is 13.4. The number of esters is 3. The Balaban J connectivity index is 1.54. The number of ether oxygens (including phenoxy) is 4. The summed E-state index contributed by atoms with van der Waals surface area (Å²) in [6, 6.07) is 26.1. The average Bonchev–Trinajstić information content (AvgIpc) is 3.27. The van der Waals surface area contributed by atoms with E-state index in [1.807, 2.05) is 0 Å². The van der Waals surface area contributed by atoms with E-state index < -0.39 is 47.5 Å². The highest BCUT2D eigenvalue weighted by Gasteiger charge is 2.60. The van der Waals surface area contributed by atoms with E-state index in [1.54, 1.807) is 91.0 Å². The number of H-pyrrole nitrogens is 1. The van der Waals surface area contributed by atoms with Gasteiger partial charge in [-0.05, 0) is 55.5 Å². The van der Waals surface area contributed by atoms with Gasteiger partial charge < -0.3 is 18.9 Å². The van der Waals surface area contributed by atoms with Gasteiger partial charge in [-0.25, -0.2) is 14.4 Å². The van der Waals surface area contributed by atoms with Crippen LogP contribution in [0, 0.1) is 4.77 Å². The number of aromatic amines is 1. The quantitative estimate of drug-likeness (QED) is 0.180. The lowest BCUT2D eigenvalue weighted by molar-refractivity contribution is -0.111. The van der Waals surface area contributed by atoms with Gasteiger partial charge in [0.15, 0.2) is 22.7 Å². The van der Waals surface area contributed by atoms with Gasteiger partial charge in [0.2, 0.25) is 0 Å². The van der Waals surface area contributed by atoms with Crippen LogP contribution in [0.15, 0.2) is 108 Å². The minimum absolute atomic E-state index is 0.0236. The number of nitrogens with zero attached hydrogens (tertiary/aromatic N) is 1. The van der Waals surface area contributed by atoms with Crippen LogP contribution in [-0.4, -0.2) is 51.9 Å². The zero-order chi connectivity index (χ0) is 29.7. The standard InChI is InChI=1S/C31H26N2O8S/c1-31(41-28(37)22-15-9-4-10-16-22)25(40-27(36)21-13-7-3-8-14-21)23(19-38-26(35)20-11-5-2-6-12-20)39-29(31)33-18-17-24(34)32-30(33)42/h2-18,23,25,29H,19H2,1H3,(H,32,34,42)/t23-,25?,29-,31-/m1/s1. The van der Waals surface area contributed by atoms with Crippen molar-refractivity contribution in [1.82, 2.24) is 9.55 Å². The molecule has 10 nitrogen and oxygen atoms in total. The van der Waals surface area contributed by atoms with E-state index in [0.29, 0.717) is 5.56 Å². The first-order chi connectivity index (χ1) is 20.3. The second kappa shape index (κ2) is 12.3. The summed E-state index contributed by atoms with van der Waals surface area (Å²) in [5, 5.41) is 0. The lowest BCUT2D eigenvalue weighted by Crippen LogP contribution is -2.50. The monoisotopic (exact) mass is 586 g/mol. The largest absolute Gasteiger partial charge is 0.459 e. The summed E-state index contributed by atoms with van der Waals surface area (Å²) >= 11 is 5.39. The Kier molecular flexibility index (Phi) is 8.41. The fourth-order valence-electron chi connectivity index (χ4n) is 4.67. The van der Waals surface area contributed by atoms with Crippen molar-refractivity contribution >= 4 is 30.1 Å². The molecule has 1 N–H and O–H groups in total. The molecule has 1 unspecified atom stereocenters. The van der Waals surface area contributed by atoms with E-state index in [-0.39, 0.29) is 22.5 Å². The van der Waals surface area contributed by atoms with Gasteiger partial charge in [-0.15, -0.1) is 0 Å². The first-order valence-electron chi connectivity index (χ1n) is 13.0. The molecule has 1 aromatic heterocycles. The van der Waals surface area contributed by atoms with Gasteiger partial charge in [-0.1, -0.05) is 54.6 Å². The number of benzene rings is 3. The predicted molar refractivity (Wildman–Crippen MR) is 152 cm³/mol. The molecule has 0 aliphatic carbocycles. The van der Waals surface area contributed by atoms with Crippen LogP contribution in [0.4, 0.5) is 0 Å².